The molecule has 1 amide bonds. The quantitative estimate of drug-likeness (QED) is 0.757. The van der Waals surface area contributed by atoms with Crippen molar-refractivity contribution in [3.05, 3.63) is 52.7 Å². The molecule has 0 spiro atoms. The SMILES string of the molecule is CCCN(Cc1nc(C(=O)OC)co1)C(=O)c1cccc(Cl)c1. The first-order valence-electron chi connectivity index (χ1n) is 7.12. The predicted molar refractivity (Wildman–Crippen MR) is 84.3 cm³/mol. The van der Waals surface area contributed by atoms with Crippen molar-refractivity contribution in [1.82, 2.24) is 9.88 Å². The standard InChI is InChI=1S/C16H17ClN2O4/c1-3-7-19(15(20)11-5-4-6-12(17)8-11)9-14-18-13(10-23-14)16(21)22-2/h4-6,8,10H,3,7,9H2,1-2H3. The molecule has 0 N–H and O–H groups in total. The number of ether oxygens (including phenoxy) is 1. The number of amides is 1. The van der Waals surface area contributed by atoms with Gasteiger partial charge in [0.15, 0.2) is 5.69 Å². The monoisotopic (exact) mass is 336 g/mol. The number of aromatic nitrogens is 1. The molecule has 1 aromatic carbocycles. The minimum Gasteiger partial charge on any atom is -0.464 e. The molecule has 1 heterocycles. The molecule has 2 aromatic rings. The number of esters is 1. The van der Waals surface area contributed by atoms with Gasteiger partial charge in [-0.15, -0.1) is 0 Å². The van der Waals surface area contributed by atoms with Gasteiger partial charge in [-0.05, 0) is 24.6 Å². The molecule has 0 saturated carbocycles. The zero-order chi connectivity index (χ0) is 16.8. The molecule has 0 aliphatic heterocycles. The molecule has 0 saturated heterocycles. The van der Waals surface area contributed by atoms with Crippen LogP contribution in [0.25, 0.3) is 0 Å². The number of rotatable bonds is 6. The Kier molecular flexibility index (Phi) is 5.76. The van der Waals surface area contributed by atoms with Crippen LogP contribution in [-0.4, -0.2) is 35.4 Å². The summed E-state index contributed by atoms with van der Waals surface area (Å²) in [5.74, 6) is -0.482. The summed E-state index contributed by atoms with van der Waals surface area (Å²) >= 11 is 5.93. The van der Waals surface area contributed by atoms with E-state index in [9.17, 15) is 9.59 Å². The molecule has 0 aliphatic carbocycles. The molecule has 0 atom stereocenters. The smallest absolute Gasteiger partial charge is 0.360 e. The molecule has 7 heteroatoms. The summed E-state index contributed by atoms with van der Waals surface area (Å²) < 4.78 is 9.82. The topological polar surface area (TPSA) is 72.6 Å². The molecular formula is C16H17ClN2O4. The van der Waals surface area contributed by atoms with E-state index in [1.807, 2.05) is 6.92 Å². The van der Waals surface area contributed by atoms with Gasteiger partial charge >= 0.3 is 5.97 Å². The fourth-order valence-corrected chi connectivity index (χ4v) is 2.26. The van der Waals surface area contributed by atoms with Gasteiger partial charge in [-0.25, -0.2) is 9.78 Å². The number of halogens is 1. The van der Waals surface area contributed by atoms with E-state index in [0.717, 1.165) is 6.42 Å². The molecule has 2 rings (SSSR count). The van der Waals surface area contributed by atoms with E-state index >= 15 is 0 Å². The van der Waals surface area contributed by atoms with Crippen molar-refractivity contribution in [3.8, 4) is 0 Å². The van der Waals surface area contributed by atoms with Gasteiger partial charge in [-0.1, -0.05) is 24.6 Å². The lowest BCUT2D eigenvalue weighted by Gasteiger charge is -2.20. The lowest BCUT2D eigenvalue weighted by atomic mass is 10.2. The van der Waals surface area contributed by atoms with Gasteiger partial charge in [-0.3, -0.25) is 4.79 Å². The minimum absolute atomic E-state index is 0.0779. The maximum atomic E-state index is 12.6. The summed E-state index contributed by atoms with van der Waals surface area (Å²) in [6.45, 7) is 2.66. The van der Waals surface area contributed by atoms with Crippen LogP contribution in [0.4, 0.5) is 0 Å². The first-order chi connectivity index (χ1) is 11.0. The Morgan fingerprint density at radius 3 is 2.83 bits per heavy atom. The van der Waals surface area contributed by atoms with Gasteiger partial charge in [0.05, 0.1) is 13.7 Å². The Morgan fingerprint density at radius 1 is 1.39 bits per heavy atom. The lowest BCUT2D eigenvalue weighted by molar-refractivity contribution is 0.0594. The third kappa shape index (κ3) is 4.32. The third-order valence-corrected chi connectivity index (χ3v) is 3.36. The predicted octanol–water partition coefficient (Wildman–Crippen LogP) is 3.17. The van der Waals surface area contributed by atoms with Crippen LogP contribution in [0.5, 0.6) is 0 Å². The summed E-state index contributed by atoms with van der Waals surface area (Å²) in [4.78, 5) is 29.6. The summed E-state index contributed by atoms with van der Waals surface area (Å²) in [7, 11) is 1.27. The number of hydrogen-bond acceptors (Lipinski definition) is 5. The van der Waals surface area contributed by atoms with Crippen molar-refractivity contribution in [2.24, 2.45) is 0 Å². The molecule has 0 fully saturated rings. The first-order valence-corrected chi connectivity index (χ1v) is 7.50. The summed E-state index contributed by atoms with van der Waals surface area (Å²) in [5, 5.41) is 0.497. The number of oxazole rings is 1. The summed E-state index contributed by atoms with van der Waals surface area (Å²) in [6, 6.07) is 6.74. The number of carbonyl (C=O) groups excluding carboxylic acids is 2. The summed E-state index contributed by atoms with van der Waals surface area (Å²) in [6.07, 6.45) is 1.99. The summed E-state index contributed by atoms with van der Waals surface area (Å²) in [5.41, 5.74) is 0.569. The molecule has 0 aliphatic rings. The van der Waals surface area contributed by atoms with E-state index in [2.05, 4.69) is 9.72 Å². The highest BCUT2D eigenvalue weighted by Gasteiger charge is 2.19. The van der Waals surface area contributed by atoms with Gasteiger partial charge in [0.25, 0.3) is 5.91 Å². The highest BCUT2D eigenvalue weighted by Crippen LogP contribution is 2.15. The minimum atomic E-state index is -0.580. The Morgan fingerprint density at radius 2 is 2.17 bits per heavy atom. The van der Waals surface area contributed by atoms with E-state index in [1.54, 1.807) is 29.2 Å². The van der Waals surface area contributed by atoms with Crippen LogP contribution in [0, 0.1) is 0 Å². The van der Waals surface area contributed by atoms with Gasteiger partial charge in [0.2, 0.25) is 5.89 Å². The largest absolute Gasteiger partial charge is 0.464 e. The molecular weight excluding hydrogens is 320 g/mol. The number of hydrogen-bond donors (Lipinski definition) is 0. The molecule has 122 valence electrons. The van der Waals surface area contributed by atoms with Gasteiger partial charge in [0, 0.05) is 17.1 Å². The van der Waals surface area contributed by atoms with Crippen LogP contribution in [0.15, 0.2) is 34.9 Å². The van der Waals surface area contributed by atoms with Crippen molar-refractivity contribution >= 4 is 23.5 Å². The van der Waals surface area contributed by atoms with Crippen LogP contribution in [-0.2, 0) is 11.3 Å². The highest BCUT2D eigenvalue weighted by molar-refractivity contribution is 6.30. The van der Waals surface area contributed by atoms with E-state index in [1.165, 1.54) is 13.4 Å². The van der Waals surface area contributed by atoms with E-state index in [4.69, 9.17) is 16.0 Å². The second kappa shape index (κ2) is 7.78. The van der Waals surface area contributed by atoms with Crippen LogP contribution < -0.4 is 0 Å². The maximum absolute atomic E-state index is 12.6. The molecule has 0 radical (unpaired) electrons. The van der Waals surface area contributed by atoms with Gasteiger partial charge in [0.1, 0.15) is 6.26 Å². The van der Waals surface area contributed by atoms with E-state index in [-0.39, 0.29) is 24.0 Å². The lowest BCUT2D eigenvalue weighted by Crippen LogP contribution is -2.31. The molecule has 6 nitrogen and oxygen atoms in total. The van der Waals surface area contributed by atoms with Crippen LogP contribution in [0.1, 0.15) is 40.1 Å². The second-order valence-electron chi connectivity index (χ2n) is 4.86. The Bertz CT molecular complexity index is 699. The van der Waals surface area contributed by atoms with Crippen LogP contribution in [0.2, 0.25) is 5.02 Å². The normalized spacial score (nSPS) is 10.4. The van der Waals surface area contributed by atoms with E-state index in [0.29, 0.717) is 17.1 Å². The van der Waals surface area contributed by atoms with Crippen molar-refractivity contribution in [2.45, 2.75) is 19.9 Å². The van der Waals surface area contributed by atoms with Crippen molar-refractivity contribution in [3.63, 3.8) is 0 Å². The zero-order valence-electron chi connectivity index (χ0n) is 12.9. The average molecular weight is 337 g/mol. The van der Waals surface area contributed by atoms with Crippen molar-refractivity contribution in [1.29, 1.82) is 0 Å². The number of carbonyl (C=O) groups is 2. The van der Waals surface area contributed by atoms with Gasteiger partial charge in [-0.2, -0.15) is 0 Å². The number of benzene rings is 1. The Labute approximate surface area is 139 Å². The third-order valence-electron chi connectivity index (χ3n) is 3.12. The molecule has 0 unspecified atom stereocenters. The van der Waals surface area contributed by atoms with Crippen LogP contribution in [0.3, 0.4) is 0 Å². The Balaban J connectivity index is 2.16. The molecule has 1 aromatic heterocycles. The fourth-order valence-electron chi connectivity index (χ4n) is 2.07. The number of methoxy groups -OCH3 is 1. The number of nitrogens with zero attached hydrogens (tertiary/aromatic N) is 2. The van der Waals surface area contributed by atoms with E-state index < -0.39 is 5.97 Å². The zero-order valence-corrected chi connectivity index (χ0v) is 13.7. The first kappa shape index (κ1) is 17.0. The molecule has 23 heavy (non-hydrogen) atoms. The molecule has 0 bridgehead atoms. The fraction of sp³-hybridized carbons (Fsp3) is 0.312. The highest BCUT2D eigenvalue weighted by atomic mass is 35.5. The Hall–Kier alpha value is -2.34. The van der Waals surface area contributed by atoms with Crippen molar-refractivity contribution in [2.75, 3.05) is 13.7 Å². The average Bonchev–Trinajstić information content (AvgIpc) is 3.01. The van der Waals surface area contributed by atoms with Crippen LogP contribution >= 0.6 is 11.6 Å². The van der Waals surface area contributed by atoms with Crippen molar-refractivity contribution < 1.29 is 18.7 Å². The van der Waals surface area contributed by atoms with Gasteiger partial charge < -0.3 is 14.1 Å². The second-order valence-corrected chi connectivity index (χ2v) is 5.29. The maximum Gasteiger partial charge on any atom is 0.360 e.